The number of nitrogens with one attached hydrogen (secondary N) is 2. The molecule has 2 atom stereocenters. The van der Waals surface area contributed by atoms with Crippen LogP contribution >= 0.6 is 0 Å². The van der Waals surface area contributed by atoms with Crippen LogP contribution in [0.5, 0.6) is 11.5 Å². The number of ether oxygens (including phenoxy) is 5. The lowest BCUT2D eigenvalue weighted by molar-refractivity contribution is -0.131. The van der Waals surface area contributed by atoms with E-state index in [1.165, 1.54) is 0 Å². The van der Waals surface area contributed by atoms with Crippen LogP contribution in [0, 0.1) is 0 Å². The molecule has 2 aromatic carbocycles. The number of hydrogen-bond donors (Lipinski definition) is 2. The summed E-state index contributed by atoms with van der Waals surface area (Å²) in [5.74, 6) is 0.762. The van der Waals surface area contributed by atoms with Crippen molar-refractivity contribution in [3.8, 4) is 22.9 Å². The first-order valence-electron chi connectivity index (χ1n) is 20.4. The number of nitrogens with zero attached hydrogens (tertiary/aromatic N) is 6. The van der Waals surface area contributed by atoms with Crippen molar-refractivity contribution in [1.29, 1.82) is 0 Å². The third-order valence-electron chi connectivity index (χ3n) is 11.6. The van der Waals surface area contributed by atoms with Gasteiger partial charge in [-0.15, -0.1) is 0 Å². The molecule has 2 N–H and O–H groups in total. The first-order valence-corrected chi connectivity index (χ1v) is 20.4. The number of carbonyl (C=O) groups excluding carboxylic acids is 3. The van der Waals surface area contributed by atoms with Crippen LogP contribution in [-0.2, 0) is 19.0 Å². The number of fused-ring (bicyclic) bond motifs is 2. The number of anilines is 1. The maximum absolute atomic E-state index is 13.3. The molecule has 1 saturated carbocycles. The van der Waals surface area contributed by atoms with Gasteiger partial charge in [-0.3, -0.25) is 29.3 Å². The third kappa shape index (κ3) is 8.81. The van der Waals surface area contributed by atoms with Gasteiger partial charge in [0.25, 0.3) is 11.8 Å². The van der Waals surface area contributed by atoms with Crippen molar-refractivity contribution in [2.75, 3.05) is 77.3 Å². The Bertz CT molecular complexity index is 2220. The molecule has 312 valence electrons. The van der Waals surface area contributed by atoms with Gasteiger partial charge in [-0.25, -0.2) is 9.97 Å². The van der Waals surface area contributed by atoms with Crippen LogP contribution in [0.1, 0.15) is 67.2 Å². The maximum Gasteiger partial charge on any atom is 0.262 e. The topological polar surface area (TPSA) is 174 Å². The van der Waals surface area contributed by atoms with E-state index in [0.29, 0.717) is 70.0 Å². The van der Waals surface area contributed by atoms with E-state index >= 15 is 0 Å². The molecule has 4 aliphatic rings. The molecule has 5 heterocycles. The number of allylic oxidation sites excluding steroid dienone is 1. The Kier molecular flexibility index (Phi) is 11.7. The number of amides is 3. The smallest absolute Gasteiger partial charge is 0.262 e. The molecule has 3 amide bonds. The molecule has 1 unspecified atom stereocenters. The summed E-state index contributed by atoms with van der Waals surface area (Å²) < 4.78 is 29.2. The highest BCUT2D eigenvalue weighted by Gasteiger charge is 2.52. The van der Waals surface area contributed by atoms with Crippen LogP contribution in [0.15, 0.2) is 61.1 Å². The summed E-state index contributed by atoms with van der Waals surface area (Å²) in [5.41, 5.74) is 2.21. The molecule has 8 rings (SSSR count). The lowest BCUT2D eigenvalue weighted by Gasteiger charge is -2.40. The minimum atomic E-state index is -1.28. The number of carbonyl (C=O) groups is 3. The Morgan fingerprint density at radius 2 is 1.56 bits per heavy atom. The average Bonchev–Trinajstić information content (AvgIpc) is 3.70. The zero-order valence-electron chi connectivity index (χ0n) is 34.0. The summed E-state index contributed by atoms with van der Waals surface area (Å²) in [5, 5.41) is 11.4. The normalized spacial score (nSPS) is 21.6. The number of aromatic amines is 1. The molecule has 16 nitrogen and oxygen atoms in total. The number of piperidine rings is 1. The van der Waals surface area contributed by atoms with E-state index in [1.807, 2.05) is 24.3 Å². The minimum absolute atomic E-state index is 0.0564. The molecule has 2 aromatic heterocycles. The second-order valence-electron chi connectivity index (χ2n) is 16.1. The largest absolute Gasteiger partial charge is 0.491 e. The fourth-order valence-corrected chi connectivity index (χ4v) is 7.78. The van der Waals surface area contributed by atoms with Gasteiger partial charge in [0.1, 0.15) is 47.1 Å². The van der Waals surface area contributed by atoms with Crippen LogP contribution in [0.3, 0.4) is 0 Å². The molecule has 59 heavy (non-hydrogen) atoms. The molecular weight excluding hydrogens is 757 g/mol. The Hall–Kier alpha value is -5.42. The van der Waals surface area contributed by atoms with Gasteiger partial charge in [0.15, 0.2) is 0 Å². The fraction of sp³-hybridized carbons (Fsp3) is 0.488. The molecule has 3 aliphatic heterocycles. The van der Waals surface area contributed by atoms with Gasteiger partial charge in [-0.1, -0.05) is 6.58 Å². The number of piperazine rings is 1. The quantitative estimate of drug-likeness (QED) is 0.107. The van der Waals surface area contributed by atoms with Crippen molar-refractivity contribution in [3.63, 3.8) is 0 Å². The molecule has 4 aromatic rings. The highest BCUT2D eigenvalue weighted by Crippen LogP contribution is 2.41. The monoisotopic (exact) mass is 808 g/mol. The summed E-state index contributed by atoms with van der Waals surface area (Å²) >= 11 is 0. The molecule has 1 aliphatic carbocycles. The van der Waals surface area contributed by atoms with E-state index in [1.54, 1.807) is 31.5 Å². The van der Waals surface area contributed by atoms with Gasteiger partial charge in [0, 0.05) is 49.4 Å². The van der Waals surface area contributed by atoms with Crippen LogP contribution in [-0.4, -0.2) is 137 Å². The van der Waals surface area contributed by atoms with Gasteiger partial charge in [-0.05, 0) is 82.9 Å². The van der Waals surface area contributed by atoms with E-state index in [0.717, 1.165) is 77.8 Å². The predicted octanol–water partition coefficient (Wildman–Crippen LogP) is 4.37. The first-order chi connectivity index (χ1) is 28.5. The second kappa shape index (κ2) is 17.0. The summed E-state index contributed by atoms with van der Waals surface area (Å²) in [4.78, 5) is 54.1. The van der Waals surface area contributed by atoms with Crippen LogP contribution in [0.25, 0.3) is 22.3 Å². The van der Waals surface area contributed by atoms with E-state index in [4.69, 9.17) is 23.7 Å². The van der Waals surface area contributed by atoms with Crippen molar-refractivity contribution in [2.45, 2.75) is 63.6 Å². The highest BCUT2D eigenvalue weighted by molar-refractivity contribution is 6.23. The standard InChI is InChI=1S/C43H52N8O8/c1-28-9-10-43(4,41(54)46-28)51-39(52)32-7-5-30(23-33(32)40(51)53)58-22-21-57-20-19-56-18-17-55-16-15-49-13-14-50(26-29(49)2)37-25-36(44-27-45-37)38-34-24-31(59-42(3)11-12-42)6-8-35(34)47-48-38/h5-8,23-25,27,29H,1,9-22,26H2,2-4H3,(H,46,54)(H,47,48)/t29-,43?/m0/s1. The predicted molar refractivity (Wildman–Crippen MR) is 218 cm³/mol. The minimum Gasteiger partial charge on any atom is -0.491 e. The molecule has 3 fully saturated rings. The van der Waals surface area contributed by atoms with Crippen molar-refractivity contribution >= 4 is 34.4 Å². The zero-order chi connectivity index (χ0) is 41.1. The van der Waals surface area contributed by atoms with Gasteiger partial charge >= 0.3 is 0 Å². The van der Waals surface area contributed by atoms with Crippen LogP contribution in [0.4, 0.5) is 5.82 Å². The summed E-state index contributed by atoms with van der Waals surface area (Å²) in [6.07, 6.45) is 4.57. The van der Waals surface area contributed by atoms with Gasteiger partial charge < -0.3 is 33.9 Å². The third-order valence-corrected chi connectivity index (χ3v) is 11.6. The van der Waals surface area contributed by atoms with E-state index in [2.05, 4.69) is 55.7 Å². The fourth-order valence-electron chi connectivity index (χ4n) is 7.78. The Morgan fingerprint density at radius 3 is 2.31 bits per heavy atom. The van der Waals surface area contributed by atoms with Crippen molar-refractivity contribution < 1.29 is 38.1 Å². The van der Waals surface area contributed by atoms with Crippen LogP contribution < -0.4 is 19.7 Å². The second-order valence-corrected chi connectivity index (χ2v) is 16.1. The average molecular weight is 809 g/mol. The van der Waals surface area contributed by atoms with Crippen molar-refractivity contribution in [1.82, 2.24) is 35.3 Å². The Labute approximate surface area is 343 Å². The molecular formula is C43H52N8O8. The molecule has 16 heteroatoms. The number of imide groups is 1. The number of rotatable bonds is 18. The summed E-state index contributed by atoms with van der Waals surface area (Å²) in [6.45, 7) is 16.1. The zero-order valence-corrected chi connectivity index (χ0v) is 34.0. The number of aromatic nitrogens is 4. The molecule has 0 radical (unpaired) electrons. The first kappa shape index (κ1) is 40.4. The Balaban J connectivity index is 0.688. The summed E-state index contributed by atoms with van der Waals surface area (Å²) in [6, 6.07) is 13.1. The SMILES string of the molecule is C=C1CCC(C)(N2C(=O)c3ccc(OCCOCCOCCOCCN4CCN(c5cc(-c6n[nH]c7ccc(OC8(C)CC8)cc67)ncn5)C[C@@H]4C)cc3C2=O)C(=O)N1. The van der Waals surface area contributed by atoms with Gasteiger partial charge in [-0.2, -0.15) is 5.10 Å². The van der Waals surface area contributed by atoms with Crippen LogP contribution in [0.2, 0.25) is 0 Å². The Morgan fingerprint density at radius 1 is 0.831 bits per heavy atom. The number of H-pyrrole nitrogens is 1. The highest BCUT2D eigenvalue weighted by atomic mass is 16.6. The molecule has 2 saturated heterocycles. The van der Waals surface area contributed by atoms with Crippen molar-refractivity contribution in [3.05, 3.63) is 72.2 Å². The van der Waals surface area contributed by atoms with Gasteiger partial charge in [0.05, 0.1) is 62.0 Å². The van der Waals surface area contributed by atoms with Gasteiger partial charge in [0.2, 0.25) is 5.91 Å². The summed E-state index contributed by atoms with van der Waals surface area (Å²) in [7, 11) is 0. The number of hydrogen-bond acceptors (Lipinski definition) is 13. The van der Waals surface area contributed by atoms with E-state index in [-0.39, 0.29) is 23.3 Å². The van der Waals surface area contributed by atoms with Crippen molar-refractivity contribution in [2.24, 2.45) is 0 Å². The molecule has 0 bridgehead atoms. The maximum atomic E-state index is 13.3. The molecule has 0 spiro atoms. The van der Waals surface area contributed by atoms with E-state index < -0.39 is 23.3 Å². The lowest BCUT2D eigenvalue weighted by atomic mass is 9.88. The number of benzene rings is 2. The lowest BCUT2D eigenvalue weighted by Crippen LogP contribution is -2.60. The van der Waals surface area contributed by atoms with E-state index in [9.17, 15) is 14.4 Å².